The van der Waals surface area contributed by atoms with Crippen molar-refractivity contribution in [1.29, 1.82) is 0 Å². The summed E-state index contributed by atoms with van der Waals surface area (Å²) in [4.78, 5) is 42.3. The monoisotopic (exact) mass is 505 g/mol. The van der Waals surface area contributed by atoms with Crippen LogP contribution >= 0.6 is 0 Å². The number of likely N-dealkylation sites (N-methyl/N-ethyl adjacent to an activating group) is 1. The summed E-state index contributed by atoms with van der Waals surface area (Å²) >= 11 is 0. The molecule has 37 heavy (non-hydrogen) atoms. The molecule has 5 rings (SSSR count). The van der Waals surface area contributed by atoms with Crippen LogP contribution in [0, 0.1) is 5.41 Å². The third kappa shape index (κ3) is 5.15. The average Bonchev–Trinajstić information content (AvgIpc) is 2.92. The van der Waals surface area contributed by atoms with Crippen molar-refractivity contribution < 1.29 is 23.9 Å². The quantitative estimate of drug-likeness (QED) is 0.640. The number of piperidine rings is 1. The number of hydrogen-bond acceptors (Lipinski definition) is 5. The number of nitrogens with one attached hydrogen (secondary N) is 1. The van der Waals surface area contributed by atoms with Gasteiger partial charge in [-0.15, -0.1) is 0 Å². The molecular weight excluding hydrogens is 470 g/mol. The smallest absolute Gasteiger partial charge is 0.264 e. The first-order valence-corrected chi connectivity index (χ1v) is 13.2. The molecule has 8 heteroatoms. The highest BCUT2D eigenvalue weighted by Gasteiger charge is 2.42. The summed E-state index contributed by atoms with van der Waals surface area (Å²) in [6.07, 6.45) is 4.90. The van der Waals surface area contributed by atoms with Gasteiger partial charge in [0.05, 0.1) is 17.1 Å². The average molecular weight is 506 g/mol. The number of aryl methyl sites for hydroxylation is 1. The SMILES string of the molecule is C[C@@H]1COc2ccccc2CCCCC2(CCN(C(=O)c3ccc4c(c3)N(C)C(=O)CO4)CC2)C(=O)N1. The summed E-state index contributed by atoms with van der Waals surface area (Å²) in [5, 5.41) is 3.19. The molecule has 1 spiro atoms. The van der Waals surface area contributed by atoms with Gasteiger partial charge < -0.3 is 24.6 Å². The van der Waals surface area contributed by atoms with E-state index in [1.54, 1.807) is 25.2 Å². The van der Waals surface area contributed by atoms with E-state index in [-0.39, 0.29) is 30.4 Å². The van der Waals surface area contributed by atoms with Gasteiger partial charge >= 0.3 is 0 Å². The minimum Gasteiger partial charge on any atom is -0.491 e. The van der Waals surface area contributed by atoms with Crippen LogP contribution in [0.3, 0.4) is 0 Å². The predicted octanol–water partition coefficient (Wildman–Crippen LogP) is 3.57. The molecule has 196 valence electrons. The molecule has 0 aromatic heterocycles. The van der Waals surface area contributed by atoms with Crippen molar-refractivity contribution in [2.45, 2.75) is 51.5 Å². The number of benzene rings is 2. The molecule has 0 bridgehead atoms. The van der Waals surface area contributed by atoms with Gasteiger partial charge in [0.25, 0.3) is 11.8 Å². The number of fused-ring (bicyclic) bond motifs is 2. The lowest BCUT2D eigenvalue weighted by atomic mass is 9.73. The zero-order valence-electron chi connectivity index (χ0n) is 21.6. The van der Waals surface area contributed by atoms with E-state index in [2.05, 4.69) is 11.4 Å². The maximum Gasteiger partial charge on any atom is 0.264 e. The van der Waals surface area contributed by atoms with Crippen LogP contribution in [0.25, 0.3) is 0 Å². The number of nitrogens with zero attached hydrogens (tertiary/aromatic N) is 2. The first kappa shape index (κ1) is 25.1. The predicted molar refractivity (Wildman–Crippen MR) is 140 cm³/mol. The Bertz CT molecular complexity index is 1190. The van der Waals surface area contributed by atoms with Crippen LogP contribution in [0.2, 0.25) is 0 Å². The van der Waals surface area contributed by atoms with E-state index in [0.29, 0.717) is 49.5 Å². The van der Waals surface area contributed by atoms with Crippen LogP contribution in [-0.4, -0.2) is 62.0 Å². The second-order valence-electron chi connectivity index (χ2n) is 10.5. The molecule has 0 saturated carbocycles. The zero-order valence-corrected chi connectivity index (χ0v) is 21.6. The van der Waals surface area contributed by atoms with Crippen LogP contribution in [0.5, 0.6) is 11.5 Å². The fraction of sp³-hybridized carbons (Fsp3) is 0.483. The molecule has 1 saturated heterocycles. The molecule has 0 radical (unpaired) electrons. The van der Waals surface area contributed by atoms with Crippen molar-refractivity contribution in [3.63, 3.8) is 0 Å². The van der Waals surface area contributed by atoms with Gasteiger partial charge in [-0.2, -0.15) is 0 Å². The highest BCUT2D eigenvalue weighted by atomic mass is 16.5. The molecule has 0 aliphatic carbocycles. The summed E-state index contributed by atoms with van der Waals surface area (Å²) in [5.41, 5.74) is 1.85. The van der Waals surface area contributed by atoms with E-state index in [1.807, 2.05) is 30.0 Å². The topological polar surface area (TPSA) is 88.2 Å². The van der Waals surface area contributed by atoms with Crippen LogP contribution in [0.15, 0.2) is 42.5 Å². The molecule has 3 aliphatic heterocycles. The summed E-state index contributed by atoms with van der Waals surface area (Å²) in [5.74, 6) is 1.33. The molecule has 2 aromatic carbocycles. The van der Waals surface area contributed by atoms with Gasteiger partial charge in [0.15, 0.2) is 6.61 Å². The van der Waals surface area contributed by atoms with E-state index in [4.69, 9.17) is 9.47 Å². The van der Waals surface area contributed by atoms with Crippen molar-refractivity contribution >= 4 is 23.4 Å². The zero-order chi connectivity index (χ0) is 26.0. The second-order valence-corrected chi connectivity index (χ2v) is 10.5. The van der Waals surface area contributed by atoms with Crippen molar-refractivity contribution in [2.24, 2.45) is 5.41 Å². The molecule has 3 aliphatic rings. The van der Waals surface area contributed by atoms with Gasteiger partial charge in [-0.25, -0.2) is 0 Å². The fourth-order valence-corrected chi connectivity index (χ4v) is 5.58. The first-order chi connectivity index (χ1) is 17.9. The maximum absolute atomic E-state index is 13.5. The Kier molecular flexibility index (Phi) is 7.09. The summed E-state index contributed by atoms with van der Waals surface area (Å²) in [7, 11) is 1.69. The molecule has 1 fully saturated rings. The van der Waals surface area contributed by atoms with E-state index in [9.17, 15) is 14.4 Å². The highest BCUT2D eigenvalue weighted by Crippen LogP contribution is 2.39. The molecule has 8 nitrogen and oxygen atoms in total. The Labute approximate surface area is 217 Å². The Morgan fingerprint density at radius 1 is 1.00 bits per heavy atom. The summed E-state index contributed by atoms with van der Waals surface area (Å²) in [6.45, 7) is 3.43. The normalized spacial score (nSPS) is 21.9. The number of likely N-dealkylation sites (tertiary alicyclic amines) is 1. The summed E-state index contributed by atoms with van der Waals surface area (Å²) in [6, 6.07) is 13.2. The number of hydrogen-bond donors (Lipinski definition) is 1. The lowest BCUT2D eigenvalue weighted by Crippen LogP contribution is -2.52. The first-order valence-electron chi connectivity index (χ1n) is 13.2. The van der Waals surface area contributed by atoms with Crippen LogP contribution in [0.4, 0.5) is 5.69 Å². The Morgan fingerprint density at radius 3 is 2.59 bits per heavy atom. The van der Waals surface area contributed by atoms with Crippen LogP contribution in [0.1, 0.15) is 54.9 Å². The van der Waals surface area contributed by atoms with Crippen molar-refractivity contribution in [2.75, 3.05) is 38.3 Å². The number of anilines is 1. The Morgan fingerprint density at radius 2 is 1.78 bits per heavy atom. The van der Waals surface area contributed by atoms with Gasteiger partial charge in [0.2, 0.25) is 5.91 Å². The third-order valence-electron chi connectivity index (χ3n) is 7.97. The fourth-order valence-electron chi connectivity index (χ4n) is 5.58. The Hall–Kier alpha value is -3.55. The molecule has 1 atom stereocenters. The van der Waals surface area contributed by atoms with Crippen molar-refractivity contribution in [1.82, 2.24) is 10.2 Å². The van der Waals surface area contributed by atoms with Crippen molar-refractivity contribution in [3.05, 3.63) is 53.6 Å². The van der Waals surface area contributed by atoms with Gasteiger partial charge in [0, 0.05) is 25.7 Å². The molecular formula is C29H35N3O5. The molecule has 1 N–H and O–H groups in total. The van der Waals surface area contributed by atoms with E-state index in [0.717, 1.165) is 31.4 Å². The van der Waals surface area contributed by atoms with E-state index >= 15 is 0 Å². The number of amides is 3. The minimum absolute atomic E-state index is 0.00428. The van der Waals surface area contributed by atoms with Gasteiger partial charge in [-0.1, -0.05) is 24.6 Å². The number of ether oxygens (including phenoxy) is 2. The second kappa shape index (κ2) is 10.4. The van der Waals surface area contributed by atoms with Crippen LogP contribution < -0.4 is 19.7 Å². The molecule has 3 amide bonds. The maximum atomic E-state index is 13.5. The number of rotatable bonds is 1. The van der Waals surface area contributed by atoms with Gasteiger partial charge in [-0.3, -0.25) is 14.4 Å². The lowest BCUT2D eigenvalue weighted by Gasteiger charge is -2.41. The lowest BCUT2D eigenvalue weighted by molar-refractivity contribution is -0.135. The molecule has 3 heterocycles. The number of carbonyl (C=O) groups excluding carboxylic acids is 3. The van der Waals surface area contributed by atoms with E-state index < -0.39 is 5.41 Å². The third-order valence-corrected chi connectivity index (χ3v) is 7.97. The Balaban J connectivity index is 1.27. The van der Waals surface area contributed by atoms with Crippen molar-refractivity contribution in [3.8, 4) is 11.5 Å². The van der Waals surface area contributed by atoms with E-state index in [1.165, 1.54) is 10.5 Å². The summed E-state index contributed by atoms with van der Waals surface area (Å²) < 4.78 is 11.5. The largest absolute Gasteiger partial charge is 0.491 e. The van der Waals surface area contributed by atoms with Gasteiger partial charge in [0.1, 0.15) is 18.1 Å². The number of carbonyl (C=O) groups is 3. The van der Waals surface area contributed by atoms with Crippen LogP contribution in [-0.2, 0) is 16.0 Å². The molecule has 2 aromatic rings. The standard InChI is InChI=1S/C29H35N3O5/c1-20-18-36-24-9-4-3-7-21(24)8-5-6-12-29(28(35)30-20)13-15-32(16-14-29)27(34)22-10-11-25-23(17-22)31(2)26(33)19-37-25/h3-4,7,9-11,17,20H,5-6,8,12-16,18-19H2,1-2H3,(H,30,35)/t20-/m1/s1. The number of para-hydroxylation sites is 1. The minimum atomic E-state index is -0.486. The molecule has 0 unspecified atom stereocenters. The van der Waals surface area contributed by atoms with Gasteiger partial charge in [-0.05, 0) is 68.9 Å². The highest BCUT2D eigenvalue weighted by molar-refractivity contribution is 6.01.